The molecule has 19 heteroatoms. The summed E-state index contributed by atoms with van der Waals surface area (Å²) in [7, 11) is -9.79. The number of halogens is 3. The number of aromatic nitrogens is 3. The Balaban J connectivity index is 0.000000166. The van der Waals surface area contributed by atoms with Gasteiger partial charge in [-0.2, -0.15) is 0 Å². The maximum absolute atomic E-state index is 11.4. The van der Waals surface area contributed by atoms with Crippen molar-refractivity contribution in [3.05, 3.63) is 98.8 Å². The molecule has 0 amide bonds. The smallest absolute Gasteiger partial charge is 0.241 e. The van der Waals surface area contributed by atoms with Gasteiger partial charge in [0.2, 0.25) is 30.1 Å². The van der Waals surface area contributed by atoms with Crippen LogP contribution in [0.2, 0.25) is 10.0 Å². The van der Waals surface area contributed by atoms with E-state index in [1.165, 1.54) is 12.4 Å². The zero-order valence-electron chi connectivity index (χ0n) is 25.8. The van der Waals surface area contributed by atoms with E-state index < -0.39 is 30.1 Å². The lowest BCUT2D eigenvalue weighted by atomic mass is 10.1. The second kappa shape index (κ2) is 14.8. The monoisotopic (exact) mass is 827 g/mol. The normalized spacial score (nSPS) is 11.9. The highest BCUT2D eigenvalue weighted by Crippen LogP contribution is 2.31. The van der Waals surface area contributed by atoms with Crippen LogP contribution in [0.1, 0.15) is 11.1 Å². The summed E-state index contributed by atoms with van der Waals surface area (Å²) < 4.78 is 68.5. The van der Waals surface area contributed by atoms with Crippen molar-refractivity contribution in [2.24, 2.45) is 15.4 Å². The highest BCUT2D eigenvalue weighted by Gasteiger charge is 2.18. The summed E-state index contributed by atoms with van der Waals surface area (Å²) in [5.74, 6) is 0. The predicted molar refractivity (Wildman–Crippen MR) is 196 cm³/mol. The van der Waals surface area contributed by atoms with Crippen LogP contribution in [0.3, 0.4) is 0 Å². The van der Waals surface area contributed by atoms with Gasteiger partial charge in [-0.05, 0) is 49.2 Å². The number of aryl methyl sites for hydroxylation is 2. The molecule has 0 aliphatic heterocycles. The van der Waals surface area contributed by atoms with Crippen LogP contribution in [0.15, 0.2) is 92.3 Å². The average Bonchev–Trinajstić information content (AvgIpc) is 2.99. The van der Waals surface area contributed by atoms with E-state index in [4.69, 9.17) is 38.6 Å². The first-order valence-corrected chi connectivity index (χ1v) is 19.8. The van der Waals surface area contributed by atoms with Gasteiger partial charge in [0.1, 0.15) is 14.7 Å². The molecule has 0 saturated heterocycles. The zero-order chi connectivity index (χ0) is 36.5. The van der Waals surface area contributed by atoms with Crippen LogP contribution in [0.4, 0.5) is 5.69 Å². The van der Waals surface area contributed by atoms with Crippen molar-refractivity contribution < 1.29 is 25.3 Å². The molecule has 7 N–H and O–H groups in total. The minimum Gasteiger partial charge on any atom is -0.386 e. The van der Waals surface area contributed by atoms with Gasteiger partial charge in [0.05, 0.1) is 32.3 Å². The van der Waals surface area contributed by atoms with Crippen LogP contribution in [0.5, 0.6) is 0 Å². The molecule has 3 aromatic carbocycles. The molecule has 0 bridgehead atoms. The summed E-state index contributed by atoms with van der Waals surface area (Å²) in [6.45, 7) is 3.87. The van der Waals surface area contributed by atoms with Crippen LogP contribution < -0.4 is 20.7 Å². The fraction of sp³-hybridized carbons (Fsp3) is 0.100. The minimum atomic E-state index is -3.84. The van der Waals surface area contributed by atoms with Crippen molar-refractivity contribution in [3.8, 4) is 0 Å². The molecule has 13 nitrogen and oxygen atoms in total. The summed E-state index contributed by atoms with van der Waals surface area (Å²) in [5.41, 5.74) is 4.57. The number of hydrogen-bond donors (Lipinski definition) is 4. The van der Waals surface area contributed by atoms with Crippen molar-refractivity contribution in [2.75, 3.05) is 12.4 Å². The summed E-state index contributed by atoms with van der Waals surface area (Å²) in [4.78, 5) is 11.8. The number of pyridine rings is 3. The van der Waals surface area contributed by atoms with Gasteiger partial charge in [0.25, 0.3) is 0 Å². The fourth-order valence-electron chi connectivity index (χ4n) is 4.52. The molecule has 0 radical (unpaired) electrons. The molecule has 49 heavy (non-hydrogen) atoms. The molecule has 0 aliphatic carbocycles. The standard InChI is InChI=1S/C11H13N3O2S.C10H9ClN2O2S.C9H6BrClN2O2S/c1-7-3-4-8-9(5-7)14-6-10(11(8)13-2)17(12,15)16;1-6-2-3-7-8(4-6)13-5-9(10(7)11)16(12,14)15;10-5-1-2-6-7(3-5)13-4-8(9(6)11)16(12,14)15/h3-6H,1-2H3,(H,13,14)(H2,12,15,16);2-5H,1H3,(H2,12,14,15);1-4H,(H2,12,14,15). The van der Waals surface area contributed by atoms with E-state index in [2.05, 4.69) is 36.2 Å². The third-order valence-electron chi connectivity index (χ3n) is 6.82. The molecule has 0 unspecified atom stereocenters. The topological polar surface area (TPSA) is 231 Å². The summed E-state index contributed by atoms with van der Waals surface area (Å²) in [6, 6.07) is 16.2. The first-order chi connectivity index (χ1) is 22.7. The lowest BCUT2D eigenvalue weighted by Crippen LogP contribution is -2.15. The Labute approximate surface area is 301 Å². The highest BCUT2D eigenvalue weighted by molar-refractivity contribution is 9.10. The van der Waals surface area contributed by atoms with Crippen molar-refractivity contribution in [2.45, 2.75) is 28.5 Å². The third kappa shape index (κ3) is 8.99. The summed E-state index contributed by atoms with van der Waals surface area (Å²) in [6.07, 6.45) is 3.62. The van der Waals surface area contributed by atoms with E-state index in [0.29, 0.717) is 27.5 Å². The lowest BCUT2D eigenvalue weighted by Gasteiger charge is -2.10. The number of anilines is 1. The van der Waals surface area contributed by atoms with Gasteiger partial charge >= 0.3 is 0 Å². The van der Waals surface area contributed by atoms with Crippen molar-refractivity contribution in [1.82, 2.24) is 15.0 Å². The molecule has 0 fully saturated rings. The summed E-state index contributed by atoms with van der Waals surface area (Å²) in [5, 5.41) is 20.1. The van der Waals surface area contributed by atoms with Crippen LogP contribution in [0.25, 0.3) is 32.7 Å². The molecule has 6 rings (SSSR count). The number of benzene rings is 3. The molecule has 258 valence electrons. The van der Waals surface area contributed by atoms with Gasteiger partial charge in [0, 0.05) is 46.3 Å². The Morgan fingerprint density at radius 3 is 1.39 bits per heavy atom. The first-order valence-electron chi connectivity index (χ1n) is 13.7. The largest absolute Gasteiger partial charge is 0.386 e. The molecule has 0 spiro atoms. The van der Waals surface area contributed by atoms with E-state index in [1.54, 1.807) is 31.3 Å². The van der Waals surface area contributed by atoms with E-state index in [0.717, 1.165) is 32.7 Å². The fourth-order valence-corrected chi connectivity index (χ4v) is 7.75. The number of nitrogens with one attached hydrogen (secondary N) is 1. The maximum atomic E-state index is 11.4. The number of rotatable bonds is 4. The number of primary sulfonamides is 3. The van der Waals surface area contributed by atoms with Crippen molar-refractivity contribution in [3.63, 3.8) is 0 Å². The van der Waals surface area contributed by atoms with E-state index >= 15 is 0 Å². The number of nitrogens with zero attached hydrogens (tertiary/aromatic N) is 3. The zero-order valence-corrected chi connectivity index (χ0v) is 31.4. The third-order valence-corrected chi connectivity index (χ3v) is 11.1. The highest BCUT2D eigenvalue weighted by atomic mass is 79.9. The van der Waals surface area contributed by atoms with Gasteiger partial charge in [0.15, 0.2) is 0 Å². The number of fused-ring (bicyclic) bond motifs is 3. The number of sulfonamides is 3. The van der Waals surface area contributed by atoms with Gasteiger partial charge in [-0.1, -0.05) is 69.5 Å². The Morgan fingerprint density at radius 2 is 0.959 bits per heavy atom. The molecule has 0 atom stereocenters. The Bertz CT molecular complexity index is 2470. The predicted octanol–water partition coefficient (Wildman–Crippen LogP) is 5.37. The molecular formula is C30H28BrCl2N7O6S3. The van der Waals surface area contributed by atoms with Gasteiger partial charge < -0.3 is 5.32 Å². The van der Waals surface area contributed by atoms with Crippen molar-refractivity contribution >= 4 is 108 Å². The van der Waals surface area contributed by atoms with Crippen molar-refractivity contribution in [1.29, 1.82) is 0 Å². The molecular weight excluding hydrogens is 801 g/mol. The van der Waals surface area contributed by atoms with Crippen LogP contribution in [-0.4, -0.2) is 47.3 Å². The first kappa shape index (κ1) is 38.3. The number of hydrogen-bond acceptors (Lipinski definition) is 10. The Hall–Kier alpha value is -3.52. The maximum Gasteiger partial charge on any atom is 0.241 e. The number of nitrogens with two attached hydrogens (primary N) is 3. The van der Waals surface area contributed by atoms with Gasteiger partial charge in [-0.15, -0.1) is 0 Å². The van der Waals surface area contributed by atoms with Crippen LogP contribution in [0, 0.1) is 13.8 Å². The Kier molecular flexibility index (Phi) is 11.5. The molecule has 0 aliphatic rings. The second-order valence-electron chi connectivity index (χ2n) is 10.5. The molecule has 3 aromatic heterocycles. The minimum absolute atomic E-state index is 0.0105. The average molecular weight is 830 g/mol. The van der Waals surface area contributed by atoms with Gasteiger partial charge in [-0.25, -0.2) is 40.7 Å². The second-order valence-corrected chi connectivity index (χ2v) is 16.7. The quantitative estimate of drug-likeness (QED) is 0.177. The molecule has 6 aromatic rings. The van der Waals surface area contributed by atoms with E-state index in [-0.39, 0.29) is 24.7 Å². The van der Waals surface area contributed by atoms with Gasteiger partial charge in [-0.3, -0.25) is 15.0 Å². The molecule has 0 saturated carbocycles. The van der Waals surface area contributed by atoms with E-state index in [9.17, 15) is 25.3 Å². The Morgan fingerprint density at radius 1 is 0.592 bits per heavy atom. The lowest BCUT2D eigenvalue weighted by molar-refractivity contribution is 0.596. The van der Waals surface area contributed by atoms with Crippen LogP contribution >= 0.6 is 39.1 Å². The SMILES string of the molecule is CNc1c(S(N)(=O)=O)cnc2cc(C)ccc12.Cc1ccc2c(Cl)c(S(N)(=O)=O)cnc2c1.NS(=O)(=O)c1cnc2cc(Br)ccc2c1Cl. The molecule has 3 heterocycles. The van der Waals surface area contributed by atoms with E-state index in [1.807, 2.05) is 44.2 Å². The summed E-state index contributed by atoms with van der Waals surface area (Å²) >= 11 is 15.2. The van der Waals surface area contributed by atoms with Crippen LogP contribution in [-0.2, 0) is 30.1 Å².